The van der Waals surface area contributed by atoms with Crippen LogP contribution in [0.3, 0.4) is 0 Å². The smallest absolute Gasteiger partial charge is 0.0126 e. The van der Waals surface area contributed by atoms with Gasteiger partial charge in [0.05, 0.1) is 0 Å². The molecule has 14 heavy (non-hydrogen) atoms. The van der Waals surface area contributed by atoms with Gasteiger partial charge in [-0.15, -0.1) is 0 Å². The predicted octanol–water partition coefficient (Wildman–Crippen LogP) is 3.58. The standard InChI is InChI=1S/C13H27N/c1-11(2)7-10(13(5,6)14)8-12(3,4)9-11/h10H,7-9,14H2,1-6H3. The minimum absolute atomic E-state index is 0.0189. The number of nitrogens with two attached hydrogens (primary N) is 1. The van der Waals surface area contributed by atoms with Crippen molar-refractivity contribution in [3.8, 4) is 0 Å². The van der Waals surface area contributed by atoms with Gasteiger partial charge in [0.1, 0.15) is 0 Å². The van der Waals surface area contributed by atoms with Crippen LogP contribution in [-0.2, 0) is 0 Å². The van der Waals surface area contributed by atoms with Crippen LogP contribution in [-0.4, -0.2) is 5.54 Å². The summed E-state index contributed by atoms with van der Waals surface area (Å²) in [5.41, 5.74) is 7.16. The number of hydrogen-bond donors (Lipinski definition) is 1. The van der Waals surface area contributed by atoms with Crippen molar-refractivity contribution in [2.24, 2.45) is 22.5 Å². The van der Waals surface area contributed by atoms with Crippen LogP contribution >= 0.6 is 0 Å². The van der Waals surface area contributed by atoms with Crippen LogP contribution in [0, 0.1) is 16.7 Å². The fraction of sp³-hybridized carbons (Fsp3) is 1.00. The Kier molecular flexibility index (Phi) is 2.78. The molecule has 0 amide bonds. The number of hydrogen-bond acceptors (Lipinski definition) is 1. The fourth-order valence-corrected chi connectivity index (χ4v) is 3.37. The third-order valence-corrected chi connectivity index (χ3v) is 3.61. The minimum Gasteiger partial charge on any atom is -0.325 e. The second-order valence-corrected chi connectivity index (χ2v) is 7.43. The Hall–Kier alpha value is -0.0400. The molecule has 1 heteroatoms. The van der Waals surface area contributed by atoms with E-state index in [9.17, 15) is 0 Å². The van der Waals surface area contributed by atoms with Crippen LogP contribution in [0.1, 0.15) is 60.8 Å². The van der Waals surface area contributed by atoms with Gasteiger partial charge in [-0.2, -0.15) is 0 Å². The maximum Gasteiger partial charge on any atom is 0.0126 e. The Labute approximate surface area is 89.5 Å². The van der Waals surface area contributed by atoms with E-state index < -0.39 is 0 Å². The average molecular weight is 197 g/mol. The van der Waals surface area contributed by atoms with E-state index in [4.69, 9.17) is 5.73 Å². The van der Waals surface area contributed by atoms with E-state index >= 15 is 0 Å². The van der Waals surface area contributed by atoms with E-state index in [-0.39, 0.29) is 5.54 Å². The molecular formula is C13H27N. The summed E-state index contributed by atoms with van der Waals surface area (Å²) >= 11 is 0. The molecule has 1 fully saturated rings. The molecule has 0 aromatic rings. The lowest BCUT2D eigenvalue weighted by Gasteiger charge is -2.49. The van der Waals surface area contributed by atoms with E-state index in [1.54, 1.807) is 0 Å². The lowest BCUT2D eigenvalue weighted by molar-refractivity contribution is 0.0378. The zero-order valence-electron chi connectivity index (χ0n) is 10.8. The molecule has 0 bridgehead atoms. The highest BCUT2D eigenvalue weighted by Crippen LogP contribution is 2.50. The van der Waals surface area contributed by atoms with E-state index in [1.807, 2.05) is 0 Å². The van der Waals surface area contributed by atoms with Gasteiger partial charge < -0.3 is 5.73 Å². The first-order chi connectivity index (χ1) is 6.02. The predicted molar refractivity (Wildman–Crippen MR) is 63.2 cm³/mol. The first kappa shape index (κ1) is 12.0. The lowest BCUT2D eigenvalue weighted by atomic mass is 9.58. The maximum atomic E-state index is 6.25. The summed E-state index contributed by atoms with van der Waals surface area (Å²) in [5, 5.41) is 0. The molecule has 0 spiro atoms. The first-order valence-corrected chi connectivity index (χ1v) is 5.81. The van der Waals surface area contributed by atoms with Gasteiger partial charge in [-0.25, -0.2) is 0 Å². The summed E-state index contributed by atoms with van der Waals surface area (Å²) in [6.45, 7) is 13.9. The Bertz CT molecular complexity index is 192. The summed E-state index contributed by atoms with van der Waals surface area (Å²) in [5.74, 6) is 0.668. The monoisotopic (exact) mass is 197 g/mol. The van der Waals surface area contributed by atoms with Crippen molar-refractivity contribution in [3.63, 3.8) is 0 Å². The van der Waals surface area contributed by atoms with Gasteiger partial charge in [0.15, 0.2) is 0 Å². The van der Waals surface area contributed by atoms with Gasteiger partial charge in [-0.1, -0.05) is 27.7 Å². The molecule has 0 saturated heterocycles. The quantitative estimate of drug-likeness (QED) is 0.683. The molecule has 1 aliphatic carbocycles. The van der Waals surface area contributed by atoms with E-state index in [0.717, 1.165) is 0 Å². The van der Waals surface area contributed by atoms with Crippen LogP contribution in [0.4, 0.5) is 0 Å². The van der Waals surface area contributed by atoms with Crippen LogP contribution in [0.25, 0.3) is 0 Å². The third kappa shape index (κ3) is 2.98. The van der Waals surface area contributed by atoms with E-state index in [2.05, 4.69) is 41.5 Å². The van der Waals surface area contributed by atoms with Gasteiger partial charge in [0, 0.05) is 5.54 Å². The van der Waals surface area contributed by atoms with Crippen molar-refractivity contribution in [1.29, 1.82) is 0 Å². The van der Waals surface area contributed by atoms with Gasteiger partial charge in [0.2, 0.25) is 0 Å². The normalized spacial score (nSPS) is 27.6. The molecule has 0 heterocycles. The zero-order chi connectivity index (χ0) is 11.2. The molecule has 0 aliphatic heterocycles. The van der Waals surface area contributed by atoms with Gasteiger partial charge in [-0.05, 0) is 49.9 Å². The molecule has 0 aromatic carbocycles. The molecule has 2 N–H and O–H groups in total. The minimum atomic E-state index is -0.0189. The Balaban J connectivity index is 2.82. The molecule has 1 nitrogen and oxygen atoms in total. The molecule has 84 valence electrons. The van der Waals surface area contributed by atoms with Crippen molar-refractivity contribution in [2.45, 2.75) is 66.3 Å². The van der Waals surface area contributed by atoms with E-state index in [0.29, 0.717) is 16.7 Å². The highest BCUT2D eigenvalue weighted by molar-refractivity contribution is 4.95. The van der Waals surface area contributed by atoms with Crippen LogP contribution in [0.5, 0.6) is 0 Å². The molecule has 0 radical (unpaired) electrons. The van der Waals surface area contributed by atoms with Crippen molar-refractivity contribution >= 4 is 0 Å². The molecule has 0 atom stereocenters. The topological polar surface area (TPSA) is 26.0 Å². The molecule has 0 aromatic heterocycles. The fourth-order valence-electron chi connectivity index (χ4n) is 3.37. The highest BCUT2D eigenvalue weighted by atomic mass is 14.7. The van der Waals surface area contributed by atoms with Crippen LogP contribution in [0.2, 0.25) is 0 Å². The molecular weight excluding hydrogens is 170 g/mol. The number of rotatable bonds is 1. The summed E-state index contributed by atoms with van der Waals surface area (Å²) in [4.78, 5) is 0. The SMILES string of the molecule is CC1(C)CC(C(C)(C)N)CC(C)(C)C1. The van der Waals surface area contributed by atoms with Gasteiger partial charge in [0.25, 0.3) is 0 Å². The highest BCUT2D eigenvalue weighted by Gasteiger charge is 2.42. The first-order valence-electron chi connectivity index (χ1n) is 5.81. The second kappa shape index (κ2) is 3.23. The molecule has 0 unspecified atom stereocenters. The van der Waals surface area contributed by atoms with Crippen molar-refractivity contribution in [3.05, 3.63) is 0 Å². The molecule has 1 aliphatic rings. The van der Waals surface area contributed by atoms with E-state index in [1.165, 1.54) is 19.3 Å². The van der Waals surface area contributed by atoms with Crippen LogP contribution < -0.4 is 5.73 Å². The average Bonchev–Trinajstić information content (AvgIpc) is 1.76. The molecule has 1 rings (SSSR count). The van der Waals surface area contributed by atoms with Crippen molar-refractivity contribution < 1.29 is 0 Å². The Morgan fingerprint density at radius 3 is 1.64 bits per heavy atom. The van der Waals surface area contributed by atoms with Crippen LogP contribution in [0.15, 0.2) is 0 Å². The lowest BCUT2D eigenvalue weighted by Crippen LogP contribution is -2.48. The summed E-state index contributed by atoms with van der Waals surface area (Å²) in [7, 11) is 0. The summed E-state index contributed by atoms with van der Waals surface area (Å²) < 4.78 is 0. The second-order valence-electron chi connectivity index (χ2n) is 7.43. The Morgan fingerprint density at radius 1 is 1.00 bits per heavy atom. The largest absolute Gasteiger partial charge is 0.325 e. The van der Waals surface area contributed by atoms with Gasteiger partial charge in [-0.3, -0.25) is 0 Å². The van der Waals surface area contributed by atoms with Crippen molar-refractivity contribution in [2.75, 3.05) is 0 Å². The molecule has 1 saturated carbocycles. The summed E-state index contributed by atoms with van der Waals surface area (Å²) in [6.07, 6.45) is 3.88. The summed E-state index contributed by atoms with van der Waals surface area (Å²) in [6, 6.07) is 0. The van der Waals surface area contributed by atoms with Crippen molar-refractivity contribution in [1.82, 2.24) is 0 Å². The third-order valence-electron chi connectivity index (χ3n) is 3.61. The maximum absolute atomic E-state index is 6.25. The zero-order valence-corrected chi connectivity index (χ0v) is 10.8. The van der Waals surface area contributed by atoms with Gasteiger partial charge >= 0.3 is 0 Å². The Morgan fingerprint density at radius 2 is 1.36 bits per heavy atom.